The summed E-state index contributed by atoms with van der Waals surface area (Å²) in [7, 11) is 0. The number of rotatable bonds is 2. The summed E-state index contributed by atoms with van der Waals surface area (Å²) < 4.78 is 35.7. The van der Waals surface area contributed by atoms with Crippen LogP contribution in [0.3, 0.4) is 0 Å². The SMILES string of the molecule is CC1(C(=O)O)CC(CC(F)(F)F)=NN1. The number of hydrogen-bond acceptors (Lipinski definition) is 3. The van der Waals surface area contributed by atoms with E-state index in [9.17, 15) is 18.0 Å². The van der Waals surface area contributed by atoms with Crippen LogP contribution in [0.1, 0.15) is 19.8 Å². The summed E-state index contributed by atoms with van der Waals surface area (Å²) in [4.78, 5) is 10.6. The lowest BCUT2D eigenvalue weighted by molar-refractivity contribution is -0.143. The van der Waals surface area contributed by atoms with Gasteiger partial charge in [-0.25, -0.2) is 4.79 Å². The van der Waals surface area contributed by atoms with Gasteiger partial charge in [-0.15, -0.1) is 0 Å². The zero-order valence-corrected chi connectivity index (χ0v) is 7.35. The predicted molar refractivity (Wildman–Crippen MR) is 41.9 cm³/mol. The van der Waals surface area contributed by atoms with E-state index in [2.05, 4.69) is 10.5 Å². The number of nitrogens with one attached hydrogen (secondary N) is 1. The fraction of sp³-hybridized carbons (Fsp3) is 0.714. The molecule has 0 bridgehead atoms. The predicted octanol–water partition coefficient (Wildman–Crippen LogP) is 1.13. The second-order valence-electron chi connectivity index (χ2n) is 3.40. The Bertz CT molecular complexity index is 287. The van der Waals surface area contributed by atoms with Gasteiger partial charge >= 0.3 is 12.1 Å². The molecule has 1 unspecified atom stereocenters. The fourth-order valence-corrected chi connectivity index (χ4v) is 1.15. The van der Waals surface area contributed by atoms with E-state index in [-0.39, 0.29) is 12.1 Å². The monoisotopic (exact) mass is 210 g/mol. The van der Waals surface area contributed by atoms with Gasteiger partial charge in [-0.05, 0) is 6.92 Å². The third kappa shape index (κ3) is 2.36. The molecule has 1 rings (SSSR count). The van der Waals surface area contributed by atoms with E-state index in [1.165, 1.54) is 6.92 Å². The van der Waals surface area contributed by atoms with Crippen molar-refractivity contribution in [2.75, 3.05) is 0 Å². The van der Waals surface area contributed by atoms with Gasteiger partial charge in [-0.2, -0.15) is 18.3 Å². The highest BCUT2D eigenvalue weighted by Crippen LogP contribution is 2.26. The summed E-state index contributed by atoms with van der Waals surface area (Å²) >= 11 is 0. The molecule has 7 heteroatoms. The van der Waals surface area contributed by atoms with Crippen molar-refractivity contribution in [2.45, 2.75) is 31.5 Å². The first-order chi connectivity index (χ1) is 6.23. The maximum absolute atomic E-state index is 11.9. The van der Waals surface area contributed by atoms with Crippen molar-refractivity contribution in [1.29, 1.82) is 0 Å². The maximum atomic E-state index is 11.9. The molecule has 0 aromatic heterocycles. The van der Waals surface area contributed by atoms with Gasteiger partial charge in [0.15, 0.2) is 5.54 Å². The summed E-state index contributed by atoms with van der Waals surface area (Å²) in [6.07, 6.45) is -5.73. The Morgan fingerprint density at radius 1 is 1.71 bits per heavy atom. The van der Waals surface area contributed by atoms with Crippen LogP contribution in [0, 0.1) is 0 Å². The largest absolute Gasteiger partial charge is 0.479 e. The Balaban J connectivity index is 2.60. The van der Waals surface area contributed by atoms with Crippen LogP contribution in [0.15, 0.2) is 5.10 Å². The molecule has 0 aliphatic carbocycles. The summed E-state index contributed by atoms with van der Waals surface area (Å²) in [6.45, 7) is 1.29. The molecule has 1 atom stereocenters. The van der Waals surface area contributed by atoms with Crippen molar-refractivity contribution < 1.29 is 23.1 Å². The number of aliphatic carboxylic acids is 1. The van der Waals surface area contributed by atoms with Crippen LogP contribution in [0.5, 0.6) is 0 Å². The minimum absolute atomic E-state index is 0.178. The van der Waals surface area contributed by atoms with E-state index in [4.69, 9.17) is 5.11 Å². The van der Waals surface area contributed by atoms with Gasteiger partial charge in [0.05, 0.1) is 6.42 Å². The Morgan fingerprint density at radius 3 is 2.64 bits per heavy atom. The average Bonchev–Trinajstić information content (AvgIpc) is 2.29. The molecule has 14 heavy (non-hydrogen) atoms. The smallest absolute Gasteiger partial charge is 0.394 e. The van der Waals surface area contributed by atoms with Gasteiger partial charge in [0.1, 0.15) is 0 Å². The Labute approximate surface area is 77.8 Å². The van der Waals surface area contributed by atoms with E-state index >= 15 is 0 Å². The van der Waals surface area contributed by atoms with E-state index < -0.39 is 24.1 Å². The first kappa shape index (κ1) is 10.8. The number of hydrazone groups is 1. The highest BCUT2D eigenvalue weighted by molar-refractivity contribution is 5.94. The number of carboxylic acids is 1. The number of halogens is 3. The van der Waals surface area contributed by atoms with Crippen molar-refractivity contribution in [3.63, 3.8) is 0 Å². The van der Waals surface area contributed by atoms with Crippen LogP contribution in [0.4, 0.5) is 13.2 Å². The topological polar surface area (TPSA) is 61.7 Å². The lowest BCUT2D eigenvalue weighted by Gasteiger charge is -2.17. The average molecular weight is 210 g/mol. The van der Waals surface area contributed by atoms with Crippen LogP contribution in [0.25, 0.3) is 0 Å². The molecule has 0 aromatic carbocycles. The van der Waals surface area contributed by atoms with E-state index in [0.717, 1.165) is 0 Å². The van der Waals surface area contributed by atoms with Gasteiger partial charge in [0, 0.05) is 12.1 Å². The van der Waals surface area contributed by atoms with Crippen molar-refractivity contribution in [2.24, 2.45) is 5.10 Å². The fourth-order valence-electron chi connectivity index (χ4n) is 1.15. The third-order valence-electron chi connectivity index (χ3n) is 1.89. The normalized spacial score (nSPS) is 27.0. The molecule has 2 N–H and O–H groups in total. The molecule has 0 aromatic rings. The molecule has 1 aliphatic rings. The second-order valence-corrected chi connectivity index (χ2v) is 3.40. The van der Waals surface area contributed by atoms with Gasteiger partial charge in [-0.1, -0.05) is 0 Å². The molecule has 1 aliphatic heterocycles. The lowest BCUT2D eigenvalue weighted by atomic mass is 9.96. The quantitative estimate of drug-likeness (QED) is 0.718. The van der Waals surface area contributed by atoms with Gasteiger partial charge in [0.25, 0.3) is 0 Å². The number of nitrogens with zero attached hydrogens (tertiary/aromatic N) is 1. The number of hydrogen-bond donors (Lipinski definition) is 2. The zero-order chi connectivity index (χ0) is 11.0. The summed E-state index contributed by atoms with van der Waals surface area (Å²) in [5, 5.41) is 12.0. The summed E-state index contributed by atoms with van der Waals surface area (Å²) in [6, 6.07) is 0. The van der Waals surface area contributed by atoms with Crippen molar-refractivity contribution >= 4 is 11.7 Å². The Morgan fingerprint density at radius 2 is 2.29 bits per heavy atom. The molecule has 0 fully saturated rings. The maximum Gasteiger partial charge on any atom is 0.394 e. The molecule has 0 spiro atoms. The van der Waals surface area contributed by atoms with Crippen LogP contribution < -0.4 is 5.43 Å². The van der Waals surface area contributed by atoms with Crippen LogP contribution in [0.2, 0.25) is 0 Å². The third-order valence-corrected chi connectivity index (χ3v) is 1.89. The van der Waals surface area contributed by atoms with Gasteiger partial charge < -0.3 is 5.11 Å². The zero-order valence-electron chi connectivity index (χ0n) is 7.35. The van der Waals surface area contributed by atoms with Crippen LogP contribution in [-0.4, -0.2) is 28.5 Å². The molecule has 0 saturated heterocycles. The van der Waals surface area contributed by atoms with E-state index in [0.29, 0.717) is 0 Å². The molecular formula is C7H9F3N2O2. The van der Waals surface area contributed by atoms with Gasteiger partial charge in [-0.3, -0.25) is 5.43 Å². The lowest BCUT2D eigenvalue weighted by Crippen LogP contribution is -2.44. The molecule has 80 valence electrons. The highest BCUT2D eigenvalue weighted by atomic mass is 19.4. The molecular weight excluding hydrogens is 201 g/mol. The molecule has 4 nitrogen and oxygen atoms in total. The highest BCUT2D eigenvalue weighted by Gasteiger charge is 2.42. The van der Waals surface area contributed by atoms with E-state index in [1.807, 2.05) is 0 Å². The summed E-state index contributed by atoms with van der Waals surface area (Å²) in [5.41, 5.74) is 0.613. The number of alkyl halides is 3. The number of carbonyl (C=O) groups is 1. The Hall–Kier alpha value is -1.27. The minimum Gasteiger partial charge on any atom is -0.479 e. The summed E-state index contributed by atoms with van der Waals surface area (Å²) in [5.74, 6) is -1.21. The Kier molecular flexibility index (Phi) is 2.43. The minimum atomic E-state index is -4.34. The van der Waals surface area contributed by atoms with Crippen molar-refractivity contribution in [3.8, 4) is 0 Å². The molecule has 0 amide bonds. The first-order valence-electron chi connectivity index (χ1n) is 3.86. The van der Waals surface area contributed by atoms with Gasteiger partial charge in [0.2, 0.25) is 0 Å². The second kappa shape index (κ2) is 3.14. The van der Waals surface area contributed by atoms with Crippen LogP contribution >= 0.6 is 0 Å². The van der Waals surface area contributed by atoms with Crippen molar-refractivity contribution in [1.82, 2.24) is 5.43 Å². The number of carboxylic acid groups (broad SMARTS) is 1. The first-order valence-corrected chi connectivity index (χ1v) is 3.86. The molecule has 1 heterocycles. The molecule has 0 radical (unpaired) electrons. The van der Waals surface area contributed by atoms with Crippen molar-refractivity contribution in [3.05, 3.63) is 0 Å². The van der Waals surface area contributed by atoms with E-state index in [1.54, 1.807) is 0 Å². The van der Waals surface area contributed by atoms with Crippen LogP contribution in [-0.2, 0) is 4.79 Å². The molecule has 0 saturated carbocycles. The standard InChI is InChI=1S/C7H9F3N2O2/c1-6(5(13)14)2-4(11-12-6)3-7(8,9)10/h12H,2-3H2,1H3,(H,13,14).